The van der Waals surface area contributed by atoms with Crippen LogP contribution in [0.1, 0.15) is 17.7 Å². The Morgan fingerprint density at radius 1 is 1.30 bits per heavy atom. The summed E-state index contributed by atoms with van der Waals surface area (Å²) >= 11 is 0. The van der Waals surface area contributed by atoms with Crippen LogP contribution in [0.25, 0.3) is 0 Å². The Kier molecular flexibility index (Phi) is 3.30. The number of rotatable bonds is 2. The summed E-state index contributed by atoms with van der Waals surface area (Å²) in [7, 11) is 5.94. The van der Waals surface area contributed by atoms with E-state index in [9.17, 15) is 0 Å². The van der Waals surface area contributed by atoms with Crippen LogP contribution in [-0.2, 0) is 20.0 Å². The summed E-state index contributed by atoms with van der Waals surface area (Å²) < 4.78 is 1.99. The summed E-state index contributed by atoms with van der Waals surface area (Å²) in [6, 6.07) is 1.98. The fourth-order valence-electron chi connectivity index (χ4n) is 2.61. The van der Waals surface area contributed by atoms with E-state index in [2.05, 4.69) is 20.0 Å². The van der Waals surface area contributed by atoms with E-state index in [1.807, 2.05) is 49.2 Å². The fraction of sp³-hybridized carbons (Fsp3) is 0.500. The Labute approximate surface area is 119 Å². The highest BCUT2D eigenvalue weighted by atomic mass is 15.3. The number of anilines is 2. The molecule has 1 aliphatic heterocycles. The van der Waals surface area contributed by atoms with E-state index >= 15 is 0 Å². The summed E-state index contributed by atoms with van der Waals surface area (Å²) in [5.74, 6) is 1.73. The van der Waals surface area contributed by atoms with Gasteiger partial charge in [0.2, 0.25) is 5.95 Å². The predicted molar refractivity (Wildman–Crippen MR) is 78.9 cm³/mol. The molecule has 3 heterocycles. The van der Waals surface area contributed by atoms with Crippen LogP contribution in [0.4, 0.5) is 11.8 Å². The molecule has 0 fully saturated rings. The van der Waals surface area contributed by atoms with E-state index < -0.39 is 0 Å². The van der Waals surface area contributed by atoms with Crippen molar-refractivity contribution in [1.29, 1.82) is 0 Å². The fourth-order valence-corrected chi connectivity index (χ4v) is 2.61. The molecule has 0 aliphatic carbocycles. The van der Waals surface area contributed by atoms with Crippen LogP contribution >= 0.6 is 0 Å². The van der Waals surface area contributed by atoms with Gasteiger partial charge in [0.25, 0.3) is 0 Å². The summed E-state index contributed by atoms with van der Waals surface area (Å²) in [6.07, 6.45) is 6.00. The molecule has 0 saturated carbocycles. The minimum Gasteiger partial charge on any atom is -0.352 e. The SMILES string of the molecule is CN(C)c1nccc(N2CCCc3c(cnn3C)C2)n1. The average Bonchev–Trinajstić information content (AvgIpc) is 2.68. The zero-order valence-electron chi connectivity index (χ0n) is 12.2. The van der Waals surface area contributed by atoms with Gasteiger partial charge >= 0.3 is 0 Å². The van der Waals surface area contributed by atoms with Crippen molar-refractivity contribution in [3.8, 4) is 0 Å². The minimum atomic E-state index is 0.748. The van der Waals surface area contributed by atoms with E-state index in [1.165, 1.54) is 11.3 Å². The summed E-state index contributed by atoms with van der Waals surface area (Å²) in [4.78, 5) is 13.1. The monoisotopic (exact) mass is 272 g/mol. The lowest BCUT2D eigenvalue weighted by molar-refractivity contribution is 0.683. The molecule has 20 heavy (non-hydrogen) atoms. The van der Waals surface area contributed by atoms with Crippen molar-refractivity contribution < 1.29 is 0 Å². The molecule has 6 heteroatoms. The van der Waals surface area contributed by atoms with Gasteiger partial charge < -0.3 is 9.80 Å². The van der Waals surface area contributed by atoms with Gasteiger partial charge in [0.1, 0.15) is 5.82 Å². The lowest BCUT2D eigenvalue weighted by Crippen LogP contribution is -2.24. The largest absolute Gasteiger partial charge is 0.352 e. The molecule has 2 aromatic heterocycles. The van der Waals surface area contributed by atoms with Crippen molar-refractivity contribution in [3.63, 3.8) is 0 Å². The van der Waals surface area contributed by atoms with Crippen LogP contribution in [0.5, 0.6) is 0 Å². The number of hydrogen-bond donors (Lipinski definition) is 0. The standard InChI is InChI=1S/C14H20N6/c1-18(2)14-15-7-6-13(17-14)20-8-4-5-12-11(10-20)9-16-19(12)3/h6-7,9H,4-5,8,10H2,1-3H3. The van der Waals surface area contributed by atoms with Crippen LogP contribution in [0.3, 0.4) is 0 Å². The first kappa shape index (κ1) is 12.9. The van der Waals surface area contributed by atoms with E-state index in [4.69, 9.17) is 0 Å². The van der Waals surface area contributed by atoms with Gasteiger partial charge in [-0.05, 0) is 18.9 Å². The Morgan fingerprint density at radius 3 is 2.95 bits per heavy atom. The number of aryl methyl sites for hydroxylation is 1. The maximum atomic E-state index is 4.63. The highest BCUT2D eigenvalue weighted by Gasteiger charge is 2.19. The van der Waals surface area contributed by atoms with E-state index in [0.717, 1.165) is 37.7 Å². The molecular formula is C14H20N6. The molecular weight excluding hydrogens is 252 g/mol. The maximum absolute atomic E-state index is 4.63. The van der Waals surface area contributed by atoms with E-state index in [0.29, 0.717) is 0 Å². The van der Waals surface area contributed by atoms with Crippen molar-refractivity contribution in [2.24, 2.45) is 7.05 Å². The highest BCUT2D eigenvalue weighted by Crippen LogP contribution is 2.22. The zero-order valence-corrected chi connectivity index (χ0v) is 12.2. The zero-order chi connectivity index (χ0) is 14.1. The van der Waals surface area contributed by atoms with Gasteiger partial charge in [-0.25, -0.2) is 4.98 Å². The molecule has 0 bridgehead atoms. The van der Waals surface area contributed by atoms with Crippen molar-refractivity contribution in [3.05, 3.63) is 29.7 Å². The highest BCUT2D eigenvalue weighted by molar-refractivity contribution is 5.44. The molecule has 0 radical (unpaired) electrons. The lowest BCUT2D eigenvalue weighted by atomic mass is 10.2. The van der Waals surface area contributed by atoms with Gasteiger partial charge in [0, 0.05) is 51.7 Å². The number of aromatic nitrogens is 4. The quantitative estimate of drug-likeness (QED) is 0.823. The van der Waals surface area contributed by atoms with Crippen LogP contribution in [-0.4, -0.2) is 40.4 Å². The second-order valence-electron chi connectivity index (χ2n) is 5.37. The molecule has 0 atom stereocenters. The Balaban J connectivity index is 1.89. The van der Waals surface area contributed by atoms with Gasteiger partial charge in [-0.3, -0.25) is 4.68 Å². The summed E-state index contributed by atoms with van der Waals surface area (Å²) in [6.45, 7) is 1.88. The lowest BCUT2D eigenvalue weighted by Gasteiger charge is -2.22. The van der Waals surface area contributed by atoms with Gasteiger partial charge in [-0.15, -0.1) is 0 Å². The third-order valence-electron chi connectivity index (χ3n) is 3.70. The van der Waals surface area contributed by atoms with Gasteiger partial charge in [-0.2, -0.15) is 10.1 Å². The number of nitrogens with zero attached hydrogens (tertiary/aromatic N) is 6. The van der Waals surface area contributed by atoms with Crippen LogP contribution in [0.15, 0.2) is 18.5 Å². The first-order chi connectivity index (χ1) is 9.65. The molecule has 6 nitrogen and oxygen atoms in total. The van der Waals surface area contributed by atoms with Crippen LogP contribution < -0.4 is 9.80 Å². The molecule has 0 aromatic carbocycles. The molecule has 0 N–H and O–H groups in total. The molecule has 1 aliphatic rings. The van der Waals surface area contributed by atoms with Crippen molar-refractivity contribution in [2.45, 2.75) is 19.4 Å². The third kappa shape index (κ3) is 2.33. The van der Waals surface area contributed by atoms with Crippen molar-refractivity contribution in [2.75, 3.05) is 30.4 Å². The Morgan fingerprint density at radius 2 is 2.15 bits per heavy atom. The topological polar surface area (TPSA) is 50.1 Å². The van der Waals surface area contributed by atoms with Crippen molar-refractivity contribution in [1.82, 2.24) is 19.7 Å². The van der Waals surface area contributed by atoms with Crippen LogP contribution in [0.2, 0.25) is 0 Å². The molecule has 0 saturated heterocycles. The number of fused-ring (bicyclic) bond motifs is 1. The smallest absolute Gasteiger partial charge is 0.226 e. The predicted octanol–water partition coefficient (Wildman–Crippen LogP) is 1.23. The van der Waals surface area contributed by atoms with Gasteiger partial charge in [0.05, 0.1) is 6.20 Å². The van der Waals surface area contributed by atoms with Crippen LogP contribution in [0, 0.1) is 0 Å². The first-order valence-corrected chi connectivity index (χ1v) is 6.90. The average molecular weight is 272 g/mol. The second kappa shape index (κ2) is 5.11. The van der Waals surface area contributed by atoms with Gasteiger partial charge in [-0.1, -0.05) is 0 Å². The molecule has 106 valence electrons. The van der Waals surface area contributed by atoms with E-state index in [1.54, 1.807) is 0 Å². The molecule has 2 aromatic rings. The summed E-state index contributed by atoms with van der Waals surface area (Å²) in [5, 5.41) is 4.36. The maximum Gasteiger partial charge on any atom is 0.226 e. The Hall–Kier alpha value is -2.11. The Bertz CT molecular complexity index is 603. The van der Waals surface area contributed by atoms with E-state index in [-0.39, 0.29) is 0 Å². The molecule has 3 rings (SSSR count). The van der Waals surface area contributed by atoms with Crippen molar-refractivity contribution >= 4 is 11.8 Å². The number of hydrogen-bond acceptors (Lipinski definition) is 5. The summed E-state index contributed by atoms with van der Waals surface area (Å²) in [5.41, 5.74) is 2.64. The normalized spacial score (nSPS) is 14.8. The third-order valence-corrected chi connectivity index (χ3v) is 3.70. The molecule has 0 spiro atoms. The molecule has 0 amide bonds. The van der Waals surface area contributed by atoms with Gasteiger partial charge in [0.15, 0.2) is 0 Å². The first-order valence-electron chi connectivity index (χ1n) is 6.90. The molecule has 0 unspecified atom stereocenters. The second-order valence-corrected chi connectivity index (χ2v) is 5.37. The minimum absolute atomic E-state index is 0.748.